The van der Waals surface area contributed by atoms with E-state index in [1.54, 1.807) is 0 Å². The molecule has 0 saturated heterocycles. The fourth-order valence-electron chi connectivity index (χ4n) is 12.8. The predicted octanol–water partition coefficient (Wildman–Crippen LogP) is 22.4. The number of rotatable bonds is 5. The first-order chi connectivity index (χ1) is 38.6. The molecule has 0 unspecified atom stereocenters. The van der Waals surface area contributed by atoms with Gasteiger partial charge < -0.3 is 9.13 Å². The van der Waals surface area contributed by atoms with Gasteiger partial charge in [-0.1, -0.05) is 109 Å². The van der Waals surface area contributed by atoms with Crippen LogP contribution in [0.15, 0.2) is 243 Å². The van der Waals surface area contributed by atoms with Gasteiger partial charge in [-0.15, -0.1) is 45.3 Å². The lowest BCUT2D eigenvalue weighted by Gasteiger charge is -2.08. The predicted molar refractivity (Wildman–Crippen MR) is 343 cm³/mol. The third-order valence-electron chi connectivity index (χ3n) is 16.5. The van der Waals surface area contributed by atoms with Crippen LogP contribution in [0.3, 0.4) is 0 Å². The maximum atomic E-state index is 2.43. The van der Waals surface area contributed by atoms with E-state index in [2.05, 4.69) is 252 Å². The van der Waals surface area contributed by atoms with Gasteiger partial charge in [0.1, 0.15) is 0 Å². The number of fused-ring (bicyclic) bond motifs is 18. The molecule has 0 bridgehead atoms. The Morgan fingerprint density at radius 3 is 0.628 bits per heavy atom. The second-order valence-corrected chi connectivity index (χ2v) is 25.1. The minimum Gasteiger partial charge on any atom is -0.309 e. The van der Waals surface area contributed by atoms with Gasteiger partial charge in [-0.05, 0) is 167 Å². The van der Waals surface area contributed by atoms with E-state index in [0.717, 1.165) is 0 Å². The highest BCUT2D eigenvalue weighted by Gasteiger charge is 2.18. The van der Waals surface area contributed by atoms with E-state index in [0.29, 0.717) is 0 Å². The topological polar surface area (TPSA) is 9.86 Å². The van der Waals surface area contributed by atoms with Gasteiger partial charge in [0.05, 0.1) is 22.1 Å². The van der Waals surface area contributed by atoms with E-state index in [4.69, 9.17) is 0 Å². The second-order valence-electron chi connectivity index (χ2n) is 20.8. The highest BCUT2D eigenvalue weighted by atomic mass is 32.1. The van der Waals surface area contributed by atoms with Gasteiger partial charge in [0.2, 0.25) is 0 Å². The lowest BCUT2D eigenvalue weighted by Crippen LogP contribution is -1.93. The summed E-state index contributed by atoms with van der Waals surface area (Å²) in [5.41, 5.74) is 14.8. The smallest absolute Gasteiger partial charge is 0.0541 e. The van der Waals surface area contributed by atoms with Crippen molar-refractivity contribution >= 4 is 170 Å². The summed E-state index contributed by atoms with van der Waals surface area (Å²) >= 11 is 7.53. The molecule has 18 aromatic rings. The lowest BCUT2D eigenvalue weighted by molar-refractivity contribution is 1.19. The molecule has 0 aliphatic carbocycles. The fraction of sp³-hybridized carbons (Fsp3) is 0. The Balaban J connectivity index is 0.701. The molecule has 0 saturated carbocycles. The Morgan fingerprint density at radius 1 is 0.179 bits per heavy atom. The van der Waals surface area contributed by atoms with Crippen LogP contribution < -0.4 is 0 Å². The van der Waals surface area contributed by atoms with Crippen LogP contribution in [0.5, 0.6) is 0 Å². The Kier molecular flexibility index (Phi) is 9.05. The Labute approximate surface area is 462 Å². The van der Waals surface area contributed by atoms with Crippen LogP contribution in [0.4, 0.5) is 0 Å². The largest absolute Gasteiger partial charge is 0.309 e. The maximum Gasteiger partial charge on any atom is 0.0541 e. The molecule has 78 heavy (non-hydrogen) atoms. The SMILES string of the molecule is c1ccc2c(c1)c1ccccc1n2-c1ccc2sc3ccc(-c4ccc5sc6ccc(-c7ccc8sc9ccc(-c%10ccc%11sc%12ccc(-n%13c%14ccccc%14c%14ccccc%14%13)cc%12c%11c%10)cc9c8c7)cc6c5c4)cc3c2c1. The molecule has 0 amide bonds. The molecule has 6 aromatic heterocycles. The molecule has 18 rings (SSSR count). The molecular weight excluding hydrogens is 1020 g/mol. The van der Waals surface area contributed by atoms with Crippen LogP contribution >= 0.6 is 45.3 Å². The van der Waals surface area contributed by atoms with Crippen LogP contribution in [0.1, 0.15) is 0 Å². The molecule has 0 aliphatic rings. The molecule has 2 nitrogen and oxygen atoms in total. The fourth-order valence-corrected chi connectivity index (χ4v) is 17.1. The molecule has 0 N–H and O–H groups in total. The normalized spacial score (nSPS) is 12.4. The number of aromatic nitrogens is 2. The van der Waals surface area contributed by atoms with Crippen molar-refractivity contribution in [1.29, 1.82) is 0 Å². The molecule has 6 heterocycles. The van der Waals surface area contributed by atoms with E-state index in [9.17, 15) is 0 Å². The molecule has 0 radical (unpaired) electrons. The highest BCUT2D eigenvalue weighted by Crippen LogP contribution is 2.45. The number of hydrogen-bond donors (Lipinski definition) is 0. The molecule has 362 valence electrons. The van der Waals surface area contributed by atoms with Crippen LogP contribution in [0.25, 0.3) is 169 Å². The monoisotopic (exact) mass is 1060 g/mol. The molecule has 0 atom stereocenters. The van der Waals surface area contributed by atoms with Crippen molar-refractivity contribution in [3.63, 3.8) is 0 Å². The van der Waals surface area contributed by atoms with Gasteiger partial charge in [-0.3, -0.25) is 0 Å². The summed E-state index contributed by atoms with van der Waals surface area (Å²) in [6.45, 7) is 0. The zero-order valence-electron chi connectivity index (χ0n) is 41.6. The second kappa shape index (κ2) is 16.3. The standard InChI is InChI=1S/C72H40N2S4/c1-5-13-61-49(9-1)50-10-2-6-14-62(50)73(61)47-23-31-71-59(39-47)57-37-45(21-29-69(57)77-71)43-19-27-67-55(35-43)53-33-41(17-25-65(53)75-67)42-18-26-66-54(34-42)56-36-44(20-28-68(56)76-66)46-22-30-70-58(38-46)60-40-48(24-32-72(60)78-70)74-63-15-7-3-11-51(63)52-12-4-8-16-64(52)74/h1-40H. The Bertz CT molecular complexity index is 5140. The van der Waals surface area contributed by atoms with Crippen LogP contribution in [-0.2, 0) is 0 Å². The minimum atomic E-state index is 1.19. The average Bonchev–Trinajstić information content (AvgIpc) is 4.54. The van der Waals surface area contributed by atoms with Crippen molar-refractivity contribution in [2.24, 2.45) is 0 Å². The van der Waals surface area contributed by atoms with Crippen LogP contribution in [0.2, 0.25) is 0 Å². The van der Waals surface area contributed by atoms with E-state index >= 15 is 0 Å². The summed E-state index contributed by atoms with van der Waals surface area (Å²) in [6, 6.07) is 91.5. The Morgan fingerprint density at radius 2 is 0.385 bits per heavy atom. The van der Waals surface area contributed by atoms with Crippen LogP contribution in [-0.4, -0.2) is 9.13 Å². The maximum absolute atomic E-state index is 2.43. The minimum absolute atomic E-state index is 1.19. The number of hydrogen-bond acceptors (Lipinski definition) is 4. The number of nitrogens with zero attached hydrogens (tertiary/aromatic N) is 2. The lowest BCUT2D eigenvalue weighted by atomic mass is 9.98. The summed E-state index contributed by atoms with van der Waals surface area (Å²) in [7, 11) is 0. The summed E-state index contributed by atoms with van der Waals surface area (Å²) in [4.78, 5) is 0. The first-order valence-electron chi connectivity index (χ1n) is 26.4. The molecule has 12 aromatic carbocycles. The van der Waals surface area contributed by atoms with Crippen molar-refractivity contribution in [3.8, 4) is 44.8 Å². The van der Waals surface area contributed by atoms with E-state index in [1.807, 2.05) is 45.3 Å². The van der Waals surface area contributed by atoms with E-state index in [1.165, 1.54) is 169 Å². The van der Waals surface area contributed by atoms with Gasteiger partial charge in [0.25, 0.3) is 0 Å². The molecule has 6 heteroatoms. The van der Waals surface area contributed by atoms with Gasteiger partial charge in [0.15, 0.2) is 0 Å². The summed E-state index contributed by atoms with van der Waals surface area (Å²) in [6.07, 6.45) is 0. The molecule has 0 aliphatic heterocycles. The zero-order valence-corrected chi connectivity index (χ0v) is 44.9. The van der Waals surface area contributed by atoms with Gasteiger partial charge in [-0.2, -0.15) is 0 Å². The van der Waals surface area contributed by atoms with Gasteiger partial charge in [0, 0.05) is 114 Å². The molecule has 0 spiro atoms. The molecule has 0 fully saturated rings. The molecular formula is C72H40N2S4. The van der Waals surface area contributed by atoms with Gasteiger partial charge >= 0.3 is 0 Å². The third-order valence-corrected chi connectivity index (χ3v) is 21.1. The van der Waals surface area contributed by atoms with E-state index in [-0.39, 0.29) is 0 Å². The van der Waals surface area contributed by atoms with Gasteiger partial charge in [-0.25, -0.2) is 0 Å². The van der Waals surface area contributed by atoms with Crippen molar-refractivity contribution in [2.75, 3.05) is 0 Å². The highest BCUT2D eigenvalue weighted by molar-refractivity contribution is 7.27. The van der Waals surface area contributed by atoms with Crippen molar-refractivity contribution in [3.05, 3.63) is 243 Å². The summed E-state index contributed by atoms with van der Waals surface area (Å²) < 4.78 is 15.3. The van der Waals surface area contributed by atoms with Crippen molar-refractivity contribution < 1.29 is 0 Å². The Hall–Kier alpha value is -8.88. The first kappa shape index (κ1) is 43.2. The van der Waals surface area contributed by atoms with E-state index < -0.39 is 0 Å². The third kappa shape index (κ3) is 6.34. The quantitative estimate of drug-likeness (QED) is 0.163. The van der Waals surface area contributed by atoms with Crippen molar-refractivity contribution in [2.45, 2.75) is 0 Å². The number of thiophene rings is 4. The van der Waals surface area contributed by atoms with Crippen molar-refractivity contribution in [1.82, 2.24) is 9.13 Å². The average molecular weight is 1060 g/mol. The van der Waals surface area contributed by atoms with Crippen LogP contribution in [0, 0.1) is 0 Å². The zero-order chi connectivity index (χ0) is 50.7. The number of benzene rings is 12. The first-order valence-corrected chi connectivity index (χ1v) is 29.7. The summed E-state index contributed by atoms with van der Waals surface area (Å²) in [5, 5.41) is 15.6. The number of para-hydroxylation sites is 4. The summed E-state index contributed by atoms with van der Waals surface area (Å²) in [5.74, 6) is 0.